The molecule has 0 N–H and O–H groups in total. The molecular formula is C25H20ClNO7. The molecule has 0 bridgehead atoms. The summed E-state index contributed by atoms with van der Waals surface area (Å²) in [6, 6.07) is 9.63. The Balaban J connectivity index is 1.97. The third kappa shape index (κ3) is 4.40. The van der Waals surface area contributed by atoms with E-state index in [9.17, 15) is 14.4 Å². The van der Waals surface area contributed by atoms with E-state index < -0.39 is 11.9 Å². The van der Waals surface area contributed by atoms with Crippen molar-refractivity contribution in [2.24, 2.45) is 0 Å². The fourth-order valence-electron chi connectivity index (χ4n) is 3.60. The molecule has 0 aromatic heterocycles. The maximum Gasteiger partial charge on any atom is 0.355 e. The number of hydrogen-bond acceptors (Lipinski definition) is 8. The molecule has 2 aliphatic rings. The summed E-state index contributed by atoms with van der Waals surface area (Å²) in [5.74, 6) is -1.14. The van der Waals surface area contributed by atoms with Crippen molar-refractivity contribution >= 4 is 35.0 Å². The molecule has 9 heteroatoms. The number of benzene rings is 2. The number of hydrogen-bond donors (Lipinski definition) is 0. The van der Waals surface area contributed by atoms with Crippen LogP contribution in [0.1, 0.15) is 15.9 Å². The summed E-state index contributed by atoms with van der Waals surface area (Å²) in [5, 5.41) is 0.395. The van der Waals surface area contributed by atoms with Crippen LogP contribution in [0.2, 0.25) is 5.02 Å². The molecule has 0 radical (unpaired) electrons. The molecule has 0 saturated carbocycles. The van der Waals surface area contributed by atoms with Crippen molar-refractivity contribution in [3.63, 3.8) is 0 Å². The van der Waals surface area contributed by atoms with E-state index in [0.29, 0.717) is 35.3 Å². The second-order valence-corrected chi connectivity index (χ2v) is 7.61. The van der Waals surface area contributed by atoms with Crippen LogP contribution < -0.4 is 14.4 Å². The van der Waals surface area contributed by atoms with Gasteiger partial charge in [0.25, 0.3) is 0 Å². The number of fused-ring (bicyclic) bond motifs is 1. The van der Waals surface area contributed by atoms with Crippen molar-refractivity contribution < 1.29 is 33.3 Å². The highest BCUT2D eigenvalue weighted by Crippen LogP contribution is 2.40. The molecule has 174 valence electrons. The Hall–Kier alpha value is -4.04. The molecule has 4 rings (SSSR count). The Morgan fingerprint density at radius 2 is 1.65 bits per heavy atom. The first-order valence-electron chi connectivity index (χ1n) is 10.2. The first-order chi connectivity index (χ1) is 16.4. The summed E-state index contributed by atoms with van der Waals surface area (Å²) >= 11 is 6.11. The Labute approximate surface area is 200 Å². The second-order valence-electron chi connectivity index (χ2n) is 7.17. The Morgan fingerprint density at radius 3 is 2.32 bits per heavy atom. The van der Waals surface area contributed by atoms with Crippen LogP contribution >= 0.6 is 11.6 Å². The van der Waals surface area contributed by atoms with Gasteiger partial charge >= 0.3 is 11.9 Å². The summed E-state index contributed by atoms with van der Waals surface area (Å²) in [7, 11) is 2.40. The molecule has 34 heavy (non-hydrogen) atoms. The lowest BCUT2D eigenvalue weighted by Gasteiger charge is -2.27. The number of halogens is 1. The third-order valence-corrected chi connectivity index (χ3v) is 5.38. The molecule has 2 aromatic carbocycles. The number of rotatable bonds is 5. The highest BCUT2D eigenvalue weighted by Gasteiger charge is 2.31. The summed E-state index contributed by atoms with van der Waals surface area (Å²) < 4.78 is 21.2. The summed E-state index contributed by atoms with van der Waals surface area (Å²) in [4.78, 5) is 40.4. The number of ether oxygens (including phenoxy) is 4. The number of methoxy groups -OCH3 is 2. The molecule has 0 unspecified atom stereocenters. The lowest BCUT2D eigenvalue weighted by atomic mass is 9.99. The second kappa shape index (κ2) is 9.84. The number of carbonyl (C=O) groups excluding carboxylic acids is 3. The van der Waals surface area contributed by atoms with Crippen LogP contribution in [-0.2, 0) is 19.1 Å². The zero-order valence-corrected chi connectivity index (χ0v) is 19.1. The minimum absolute atomic E-state index is 0.0459. The van der Waals surface area contributed by atoms with Gasteiger partial charge in [0.2, 0.25) is 0 Å². The molecule has 0 fully saturated rings. The highest BCUT2D eigenvalue weighted by atomic mass is 35.5. The van der Waals surface area contributed by atoms with Gasteiger partial charge in [0.1, 0.15) is 18.9 Å². The standard InChI is InChI=1S/C25H20ClNO7/c1-31-24(29)17-8-3-4-9-27(22(17)25(30)32-2)19-14-21-20(33-10-11-34-21)13-18(19)23(28)15-6-5-7-16(26)12-15/h3-9,12-14H,10-11H2,1-2H3. The van der Waals surface area contributed by atoms with Gasteiger partial charge in [-0.2, -0.15) is 0 Å². The van der Waals surface area contributed by atoms with Crippen LogP contribution in [0.3, 0.4) is 0 Å². The largest absolute Gasteiger partial charge is 0.486 e. The van der Waals surface area contributed by atoms with Crippen LogP contribution in [0.15, 0.2) is 72.1 Å². The normalized spacial score (nSPS) is 14.5. The molecule has 0 atom stereocenters. The van der Waals surface area contributed by atoms with Gasteiger partial charge in [-0.25, -0.2) is 9.59 Å². The molecule has 0 amide bonds. The first kappa shape index (κ1) is 23.1. The van der Waals surface area contributed by atoms with E-state index in [1.54, 1.807) is 54.8 Å². The van der Waals surface area contributed by atoms with Gasteiger partial charge in [-0.15, -0.1) is 0 Å². The van der Waals surface area contributed by atoms with Crippen molar-refractivity contribution in [1.82, 2.24) is 0 Å². The molecule has 0 saturated heterocycles. The van der Waals surface area contributed by atoms with Crippen LogP contribution in [0.4, 0.5) is 5.69 Å². The van der Waals surface area contributed by atoms with Crippen LogP contribution in [0.5, 0.6) is 11.5 Å². The number of carbonyl (C=O) groups is 3. The van der Waals surface area contributed by atoms with E-state index in [0.717, 1.165) is 0 Å². The fourth-order valence-corrected chi connectivity index (χ4v) is 3.79. The number of esters is 2. The van der Waals surface area contributed by atoms with E-state index in [2.05, 4.69) is 0 Å². The van der Waals surface area contributed by atoms with Gasteiger partial charge in [0.15, 0.2) is 17.3 Å². The minimum atomic E-state index is -0.798. The number of anilines is 1. The topological polar surface area (TPSA) is 91.4 Å². The van der Waals surface area contributed by atoms with Crippen molar-refractivity contribution in [3.8, 4) is 11.5 Å². The van der Waals surface area contributed by atoms with E-state index >= 15 is 0 Å². The van der Waals surface area contributed by atoms with E-state index in [1.807, 2.05) is 0 Å². The van der Waals surface area contributed by atoms with Crippen molar-refractivity contribution in [1.29, 1.82) is 0 Å². The van der Waals surface area contributed by atoms with Crippen molar-refractivity contribution in [2.75, 3.05) is 32.3 Å². The molecule has 0 spiro atoms. The van der Waals surface area contributed by atoms with Gasteiger partial charge in [-0.1, -0.05) is 29.8 Å². The quantitative estimate of drug-likeness (QED) is 0.470. The molecular weight excluding hydrogens is 462 g/mol. The zero-order chi connectivity index (χ0) is 24.2. The number of allylic oxidation sites excluding steroid dienone is 2. The lowest BCUT2D eigenvalue weighted by molar-refractivity contribution is -0.139. The summed E-state index contributed by atoms with van der Waals surface area (Å²) in [5.41, 5.74) is 0.630. The summed E-state index contributed by atoms with van der Waals surface area (Å²) in [6.07, 6.45) is 6.17. The first-order valence-corrected chi connectivity index (χ1v) is 10.6. The molecule has 2 aliphatic heterocycles. The van der Waals surface area contributed by atoms with Crippen LogP contribution in [-0.4, -0.2) is 45.2 Å². The molecule has 2 aromatic rings. The molecule has 0 aliphatic carbocycles. The maximum absolute atomic E-state index is 13.6. The molecule has 8 nitrogen and oxygen atoms in total. The van der Waals surface area contributed by atoms with Gasteiger partial charge in [0, 0.05) is 22.9 Å². The van der Waals surface area contributed by atoms with Gasteiger partial charge < -0.3 is 23.8 Å². The van der Waals surface area contributed by atoms with E-state index in [4.69, 9.17) is 30.5 Å². The van der Waals surface area contributed by atoms with Crippen LogP contribution in [0, 0.1) is 0 Å². The average Bonchev–Trinajstić information content (AvgIpc) is 3.09. The van der Waals surface area contributed by atoms with Crippen molar-refractivity contribution in [2.45, 2.75) is 0 Å². The van der Waals surface area contributed by atoms with Crippen LogP contribution in [0.25, 0.3) is 0 Å². The zero-order valence-electron chi connectivity index (χ0n) is 18.4. The van der Waals surface area contributed by atoms with Gasteiger partial charge in [0.05, 0.1) is 31.0 Å². The van der Waals surface area contributed by atoms with Gasteiger partial charge in [-0.05, 0) is 30.4 Å². The number of ketones is 1. The van der Waals surface area contributed by atoms with Crippen molar-refractivity contribution in [3.05, 3.63) is 88.2 Å². The maximum atomic E-state index is 13.6. The fraction of sp³-hybridized carbons (Fsp3) is 0.160. The minimum Gasteiger partial charge on any atom is -0.486 e. The Morgan fingerprint density at radius 1 is 0.941 bits per heavy atom. The predicted octanol–water partition coefficient (Wildman–Crippen LogP) is 3.83. The van der Waals surface area contributed by atoms with E-state index in [1.165, 1.54) is 25.2 Å². The smallest absolute Gasteiger partial charge is 0.355 e. The highest BCUT2D eigenvalue weighted by molar-refractivity contribution is 6.31. The predicted molar refractivity (Wildman–Crippen MR) is 124 cm³/mol. The lowest BCUT2D eigenvalue weighted by Crippen LogP contribution is -2.28. The number of nitrogens with zero attached hydrogens (tertiary/aromatic N) is 1. The van der Waals surface area contributed by atoms with E-state index in [-0.39, 0.29) is 28.3 Å². The Bertz CT molecular complexity index is 1260. The SMILES string of the molecule is COC(=O)C1=C(C(=O)OC)N(c2cc3c(cc2C(=O)c2cccc(Cl)c2)OCCO3)C=CC=C1. The Kier molecular flexibility index (Phi) is 6.70. The monoisotopic (exact) mass is 481 g/mol. The third-order valence-electron chi connectivity index (χ3n) is 5.14. The van der Waals surface area contributed by atoms with Gasteiger partial charge in [-0.3, -0.25) is 4.79 Å². The molecule has 2 heterocycles. The average molecular weight is 482 g/mol. The summed E-state index contributed by atoms with van der Waals surface area (Å²) in [6.45, 7) is 0.642.